The zero-order chi connectivity index (χ0) is 20.9. The Morgan fingerprint density at radius 3 is 2.27 bits per heavy atom. The number of hydrogen-bond donors (Lipinski definition) is 1. The molecular formula is C24H21N5O. The Balaban J connectivity index is 1.72. The molecule has 2 heterocycles. The lowest BCUT2D eigenvalue weighted by molar-refractivity contribution is 0.102. The van der Waals surface area contributed by atoms with Gasteiger partial charge in [-0.05, 0) is 61.9 Å². The molecule has 1 N–H and O–H groups in total. The fourth-order valence-electron chi connectivity index (χ4n) is 3.10. The monoisotopic (exact) mass is 395 g/mol. The van der Waals surface area contributed by atoms with E-state index in [1.807, 2.05) is 73.3 Å². The molecule has 148 valence electrons. The topological polar surface area (TPSA) is 71.0 Å². The van der Waals surface area contributed by atoms with E-state index in [-0.39, 0.29) is 5.91 Å². The number of anilines is 4. The first-order chi connectivity index (χ1) is 14.6. The summed E-state index contributed by atoms with van der Waals surface area (Å²) >= 11 is 0. The van der Waals surface area contributed by atoms with Crippen LogP contribution in [0.4, 0.5) is 23.0 Å². The van der Waals surface area contributed by atoms with E-state index in [2.05, 4.69) is 20.3 Å². The Labute approximate surface area is 175 Å². The van der Waals surface area contributed by atoms with Crippen LogP contribution in [0.15, 0.2) is 85.5 Å². The van der Waals surface area contributed by atoms with Crippen LogP contribution in [0.3, 0.4) is 0 Å². The maximum Gasteiger partial charge on any atom is 0.255 e. The highest BCUT2D eigenvalue weighted by atomic mass is 16.1. The molecule has 0 atom stereocenters. The molecule has 30 heavy (non-hydrogen) atoms. The Bertz CT molecular complexity index is 1110. The van der Waals surface area contributed by atoms with Gasteiger partial charge in [-0.1, -0.05) is 23.8 Å². The first kappa shape index (κ1) is 19.3. The van der Waals surface area contributed by atoms with E-state index >= 15 is 0 Å². The predicted molar refractivity (Wildman–Crippen MR) is 118 cm³/mol. The molecule has 0 saturated heterocycles. The number of hydrogen-bond acceptors (Lipinski definition) is 5. The maximum absolute atomic E-state index is 12.7. The Hall–Kier alpha value is -4.06. The summed E-state index contributed by atoms with van der Waals surface area (Å²) in [7, 11) is 0. The molecule has 0 aliphatic carbocycles. The summed E-state index contributed by atoms with van der Waals surface area (Å²) in [5.41, 5.74) is 5.18. The van der Waals surface area contributed by atoms with Crippen LogP contribution in [-0.4, -0.2) is 20.9 Å². The van der Waals surface area contributed by atoms with Gasteiger partial charge < -0.3 is 5.32 Å². The van der Waals surface area contributed by atoms with Crippen LogP contribution in [0.5, 0.6) is 0 Å². The highest BCUT2D eigenvalue weighted by Crippen LogP contribution is 2.35. The third-order valence-electron chi connectivity index (χ3n) is 4.69. The molecule has 0 saturated carbocycles. The highest BCUT2D eigenvalue weighted by Gasteiger charge is 2.18. The number of rotatable bonds is 5. The van der Waals surface area contributed by atoms with Crippen molar-refractivity contribution in [1.82, 2.24) is 15.0 Å². The van der Waals surface area contributed by atoms with Crippen LogP contribution in [0, 0.1) is 13.8 Å². The maximum atomic E-state index is 12.7. The van der Waals surface area contributed by atoms with Crippen LogP contribution in [-0.2, 0) is 0 Å². The molecule has 0 fully saturated rings. The van der Waals surface area contributed by atoms with Gasteiger partial charge in [0.25, 0.3) is 5.91 Å². The third-order valence-corrected chi connectivity index (χ3v) is 4.69. The standard InChI is InChI=1S/C24H21N5O/c1-17-4-7-19(8-5-17)23(30)28-20-9-6-18(2)22(16-20)29(21-10-14-25-15-11-21)24-26-12-3-13-27-24/h3-16H,1-2H3,(H,28,30). The summed E-state index contributed by atoms with van der Waals surface area (Å²) in [6.07, 6.45) is 6.86. The lowest BCUT2D eigenvalue weighted by Gasteiger charge is -2.25. The van der Waals surface area contributed by atoms with Gasteiger partial charge in [-0.3, -0.25) is 14.7 Å². The molecule has 6 heteroatoms. The van der Waals surface area contributed by atoms with Crippen LogP contribution in [0.25, 0.3) is 0 Å². The average molecular weight is 395 g/mol. The number of aryl methyl sites for hydroxylation is 2. The van der Waals surface area contributed by atoms with Crippen molar-refractivity contribution in [3.05, 3.63) is 102 Å². The van der Waals surface area contributed by atoms with E-state index in [9.17, 15) is 4.79 Å². The normalized spacial score (nSPS) is 10.5. The van der Waals surface area contributed by atoms with Crippen LogP contribution in [0.1, 0.15) is 21.5 Å². The van der Waals surface area contributed by atoms with Crippen LogP contribution in [0.2, 0.25) is 0 Å². The van der Waals surface area contributed by atoms with Crippen molar-refractivity contribution in [3.63, 3.8) is 0 Å². The summed E-state index contributed by atoms with van der Waals surface area (Å²) in [6, 6.07) is 18.8. The van der Waals surface area contributed by atoms with Gasteiger partial charge in [0.15, 0.2) is 0 Å². The van der Waals surface area contributed by atoms with Crippen molar-refractivity contribution < 1.29 is 4.79 Å². The second-order valence-electron chi connectivity index (χ2n) is 6.91. The minimum atomic E-state index is -0.156. The quantitative estimate of drug-likeness (QED) is 0.502. The zero-order valence-corrected chi connectivity index (χ0v) is 16.8. The number of amides is 1. The van der Waals surface area contributed by atoms with Gasteiger partial charge in [0.2, 0.25) is 5.95 Å². The average Bonchev–Trinajstić information content (AvgIpc) is 2.78. The largest absolute Gasteiger partial charge is 0.322 e. The molecular weight excluding hydrogens is 374 g/mol. The fourth-order valence-corrected chi connectivity index (χ4v) is 3.10. The lowest BCUT2D eigenvalue weighted by atomic mass is 10.1. The molecule has 0 aliphatic rings. The number of nitrogens with one attached hydrogen (secondary N) is 1. The summed E-state index contributed by atoms with van der Waals surface area (Å²) in [5, 5.41) is 2.98. The molecule has 1 amide bonds. The van der Waals surface area contributed by atoms with Gasteiger partial charge >= 0.3 is 0 Å². The Morgan fingerprint density at radius 1 is 0.867 bits per heavy atom. The van der Waals surface area contributed by atoms with E-state index in [4.69, 9.17) is 0 Å². The Morgan fingerprint density at radius 2 is 1.57 bits per heavy atom. The third kappa shape index (κ3) is 4.17. The van der Waals surface area contributed by atoms with Gasteiger partial charge in [-0.2, -0.15) is 0 Å². The van der Waals surface area contributed by atoms with Gasteiger partial charge in [-0.25, -0.2) is 9.97 Å². The molecule has 4 aromatic rings. The van der Waals surface area contributed by atoms with E-state index in [0.29, 0.717) is 17.2 Å². The SMILES string of the molecule is Cc1ccc(C(=O)Nc2ccc(C)c(N(c3ccncc3)c3ncccn3)c2)cc1. The van der Waals surface area contributed by atoms with Crippen molar-refractivity contribution >= 4 is 28.9 Å². The molecule has 6 nitrogen and oxygen atoms in total. The molecule has 4 rings (SSSR count). The summed E-state index contributed by atoms with van der Waals surface area (Å²) in [5.74, 6) is 0.380. The second kappa shape index (κ2) is 8.53. The molecule has 0 unspecified atom stereocenters. The Kier molecular flexibility index (Phi) is 5.48. The molecule has 2 aromatic heterocycles. The van der Waals surface area contributed by atoms with E-state index in [0.717, 1.165) is 22.5 Å². The first-order valence-electron chi connectivity index (χ1n) is 9.58. The molecule has 0 radical (unpaired) electrons. The van der Waals surface area contributed by atoms with Crippen molar-refractivity contribution in [2.75, 3.05) is 10.2 Å². The van der Waals surface area contributed by atoms with Crippen LogP contribution < -0.4 is 10.2 Å². The minimum Gasteiger partial charge on any atom is -0.322 e. The molecule has 2 aromatic carbocycles. The van der Waals surface area contributed by atoms with Crippen molar-refractivity contribution in [2.24, 2.45) is 0 Å². The number of aromatic nitrogens is 3. The van der Waals surface area contributed by atoms with Gasteiger partial charge in [0.05, 0.1) is 11.4 Å². The first-order valence-corrected chi connectivity index (χ1v) is 9.58. The van der Waals surface area contributed by atoms with Gasteiger partial charge in [-0.15, -0.1) is 0 Å². The molecule has 0 aliphatic heterocycles. The van der Waals surface area contributed by atoms with Crippen molar-refractivity contribution in [1.29, 1.82) is 0 Å². The number of pyridine rings is 1. The summed E-state index contributed by atoms with van der Waals surface area (Å²) < 4.78 is 0. The smallest absolute Gasteiger partial charge is 0.255 e. The minimum absolute atomic E-state index is 0.156. The van der Waals surface area contributed by atoms with E-state index < -0.39 is 0 Å². The molecule has 0 bridgehead atoms. The number of nitrogens with zero attached hydrogens (tertiary/aromatic N) is 4. The second-order valence-corrected chi connectivity index (χ2v) is 6.91. The number of carbonyl (C=O) groups excluding carboxylic acids is 1. The number of benzene rings is 2. The van der Waals surface area contributed by atoms with E-state index in [1.54, 1.807) is 30.9 Å². The van der Waals surface area contributed by atoms with Crippen molar-refractivity contribution in [2.45, 2.75) is 13.8 Å². The van der Waals surface area contributed by atoms with Crippen LogP contribution >= 0.6 is 0 Å². The van der Waals surface area contributed by atoms with Gasteiger partial charge in [0, 0.05) is 36.0 Å². The fraction of sp³-hybridized carbons (Fsp3) is 0.0833. The van der Waals surface area contributed by atoms with Gasteiger partial charge in [0.1, 0.15) is 0 Å². The highest BCUT2D eigenvalue weighted by molar-refractivity contribution is 6.04. The predicted octanol–water partition coefficient (Wildman–Crippen LogP) is 5.21. The summed E-state index contributed by atoms with van der Waals surface area (Å²) in [4.78, 5) is 27.6. The summed E-state index contributed by atoms with van der Waals surface area (Å²) in [6.45, 7) is 4.01. The lowest BCUT2D eigenvalue weighted by Crippen LogP contribution is -2.16. The van der Waals surface area contributed by atoms with E-state index in [1.165, 1.54) is 0 Å². The number of carbonyl (C=O) groups is 1. The van der Waals surface area contributed by atoms with Crippen molar-refractivity contribution in [3.8, 4) is 0 Å². The molecule has 0 spiro atoms. The zero-order valence-electron chi connectivity index (χ0n) is 16.8.